The van der Waals surface area contributed by atoms with E-state index in [-0.39, 0.29) is 5.91 Å². The van der Waals surface area contributed by atoms with Crippen LogP contribution in [0, 0.1) is 0 Å². The van der Waals surface area contributed by atoms with Crippen LogP contribution >= 0.6 is 0 Å². The molecule has 0 bridgehead atoms. The lowest BCUT2D eigenvalue weighted by Crippen LogP contribution is -2.11. The number of aryl methyl sites for hydroxylation is 1. The van der Waals surface area contributed by atoms with Gasteiger partial charge in [0.2, 0.25) is 0 Å². The van der Waals surface area contributed by atoms with Gasteiger partial charge in [0.05, 0.1) is 22.7 Å². The van der Waals surface area contributed by atoms with Crippen LogP contribution < -0.4 is 0 Å². The van der Waals surface area contributed by atoms with Gasteiger partial charge in [-0.1, -0.05) is 36.4 Å². The molecule has 4 rings (SSSR count). The first-order valence-electron chi connectivity index (χ1n) is 6.78. The van der Waals surface area contributed by atoms with Gasteiger partial charge in [0.25, 0.3) is 5.91 Å². The highest BCUT2D eigenvalue weighted by atomic mass is 16.2. The second-order valence-corrected chi connectivity index (χ2v) is 5.03. The van der Waals surface area contributed by atoms with Gasteiger partial charge in [-0.05, 0) is 18.2 Å². The molecule has 2 aromatic carbocycles. The van der Waals surface area contributed by atoms with Crippen molar-refractivity contribution in [1.29, 1.82) is 0 Å². The van der Waals surface area contributed by atoms with Crippen molar-refractivity contribution in [2.45, 2.75) is 0 Å². The van der Waals surface area contributed by atoms with Crippen molar-refractivity contribution in [1.82, 2.24) is 14.3 Å². The van der Waals surface area contributed by atoms with Gasteiger partial charge in [-0.25, -0.2) is 0 Å². The molecule has 0 N–H and O–H groups in total. The molecule has 0 aliphatic heterocycles. The van der Waals surface area contributed by atoms with Crippen molar-refractivity contribution in [3.05, 3.63) is 66.4 Å². The summed E-state index contributed by atoms with van der Waals surface area (Å²) >= 11 is 0. The molecule has 0 saturated heterocycles. The third-order valence-corrected chi connectivity index (χ3v) is 3.78. The maximum Gasteiger partial charge on any atom is 0.262 e. The Morgan fingerprint density at radius 3 is 2.48 bits per heavy atom. The van der Waals surface area contributed by atoms with E-state index >= 15 is 0 Å². The van der Waals surface area contributed by atoms with E-state index in [0.717, 1.165) is 21.9 Å². The quantitative estimate of drug-likeness (QED) is 0.535. The van der Waals surface area contributed by atoms with Gasteiger partial charge in [0.1, 0.15) is 0 Å². The summed E-state index contributed by atoms with van der Waals surface area (Å²) in [5.41, 5.74) is 3.40. The average molecular weight is 275 g/mol. The van der Waals surface area contributed by atoms with Crippen molar-refractivity contribution in [3.63, 3.8) is 0 Å². The summed E-state index contributed by atoms with van der Waals surface area (Å²) in [7, 11) is 1.89. The van der Waals surface area contributed by atoms with Crippen LogP contribution in [-0.2, 0) is 7.05 Å². The molecule has 0 saturated carbocycles. The summed E-state index contributed by atoms with van der Waals surface area (Å²) in [5, 5.41) is 5.32. The molecule has 0 aliphatic carbocycles. The maximum absolute atomic E-state index is 12.9. The molecule has 4 heteroatoms. The summed E-state index contributed by atoms with van der Waals surface area (Å²) in [6, 6.07) is 17.2. The number of aromatic nitrogens is 3. The Hall–Kier alpha value is -2.88. The van der Waals surface area contributed by atoms with E-state index < -0.39 is 0 Å². The number of hydrogen-bond donors (Lipinski definition) is 0. The number of hydrogen-bond acceptors (Lipinski definition) is 2. The van der Waals surface area contributed by atoms with Gasteiger partial charge < -0.3 is 0 Å². The SMILES string of the molecule is Cn1ncc2c1c1ccccc1n2C(=O)c1ccccc1. The Bertz CT molecular complexity index is 964. The van der Waals surface area contributed by atoms with Gasteiger partial charge in [-0.3, -0.25) is 14.0 Å². The monoisotopic (exact) mass is 275 g/mol. The minimum Gasteiger partial charge on any atom is -0.272 e. The molecule has 21 heavy (non-hydrogen) atoms. The number of nitrogens with zero attached hydrogens (tertiary/aromatic N) is 3. The second kappa shape index (κ2) is 4.31. The molecule has 0 amide bonds. The first-order chi connectivity index (χ1) is 10.3. The van der Waals surface area contributed by atoms with Crippen LogP contribution in [0.5, 0.6) is 0 Å². The largest absolute Gasteiger partial charge is 0.272 e. The number of rotatable bonds is 1. The van der Waals surface area contributed by atoms with Crippen LogP contribution in [0.15, 0.2) is 60.8 Å². The maximum atomic E-state index is 12.9. The summed E-state index contributed by atoms with van der Waals surface area (Å²) in [4.78, 5) is 12.9. The Balaban J connectivity index is 2.09. The van der Waals surface area contributed by atoms with Crippen molar-refractivity contribution < 1.29 is 4.79 Å². The molecule has 2 heterocycles. The van der Waals surface area contributed by atoms with E-state index in [1.807, 2.05) is 66.3 Å². The minimum absolute atomic E-state index is 0.0326. The van der Waals surface area contributed by atoms with E-state index in [1.54, 1.807) is 10.8 Å². The van der Waals surface area contributed by atoms with Crippen LogP contribution in [0.25, 0.3) is 21.9 Å². The third-order valence-electron chi connectivity index (χ3n) is 3.78. The smallest absolute Gasteiger partial charge is 0.262 e. The molecule has 4 aromatic rings. The van der Waals surface area contributed by atoms with Crippen LogP contribution in [0.3, 0.4) is 0 Å². The zero-order chi connectivity index (χ0) is 14.4. The molecular formula is C17H13N3O. The molecule has 0 atom stereocenters. The zero-order valence-corrected chi connectivity index (χ0v) is 11.5. The summed E-state index contributed by atoms with van der Waals surface area (Å²) < 4.78 is 3.56. The zero-order valence-electron chi connectivity index (χ0n) is 11.5. The lowest BCUT2D eigenvalue weighted by molar-refractivity contribution is 0.0969. The first kappa shape index (κ1) is 11.9. The third kappa shape index (κ3) is 1.62. The fourth-order valence-corrected chi connectivity index (χ4v) is 2.83. The Kier molecular flexibility index (Phi) is 2.44. The molecule has 4 nitrogen and oxygen atoms in total. The predicted molar refractivity (Wildman–Crippen MR) is 82.4 cm³/mol. The molecule has 0 unspecified atom stereocenters. The van der Waals surface area contributed by atoms with Crippen molar-refractivity contribution >= 4 is 27.8 Å². The van der Waals surface area contributed by atoms with E-state index in [1.165, 1.54) is 0 Å². The van der Waals surface area contributed by atoms with Crippen molar-refractivity contribution in [2.24, 2.45) is 7.05 Å². The molecule has 102 valence electrons. The predicted octanol–water partition coefficient (Wildman–Crippen LogP) is 3.22. The lowest BCUT2D eigenvalue weighted by atomic mass is 10.2. The van der Waals surface area contributed by atoms with Gasteiger partial charge >= 0.3 is 0 Å². The fourth-order valence-electron chi connectivity index (χ4n) is 2.83. The number of para-hydroxylation sites is 1. The highest BCUT2D eigenvalue weighted by Gasteiger charge is 2.19. The van der Waals surface area contributed by atoms with Gasteiger partial charge in [0, 0.05) is 18.0 Å². The van der Waals surface area contributed by atoms with E-state index in [4.69, 9.17) is 0 Å². The molecule has 0 fully saturated rings. The van der Waals surface area contributed by atoms with Gasteiger partial charge in [-0.2, -0.15) is 5.10 Å². The van der Waals surface area contributed by atoms with Crippen LogP contribution in [-0.4, -0.2) is 20.3 Å². The second-order valence-electron chi connectivity index (χ2n) is 5.03. The highest BCUT2D eigenvalue weighted by Crippen LogP contribution is 2.29. The standard InChI is InChI=1S/C17H13N3O/c1-19-16-13-9-5-6-10-14(13)20(15(16)11-18-19)17(21)12-7-3-2-4-8-12/h2-11H,1H3. The van der Waals surface area contributed by atoms with Crippen LogP contribution in [0.2, 0.25) is 0 Å². The summed E-state index contributed by atoms with van der Waals surface area (Å²) in [6.07, 6.45) is 1.75. The van der Waals surface area contributed by atoms with Crippen LogP contribution in [0.1, 0.15) is 10.4 Å². The average Bonchev–Trinajstić information content (AvgIpc) is 3.06. The van der Waals surface area contributed by atoms with Crippen molar-refractivity contribution in [3.8, 4) is 0 Å². The van der Waals surface area contributed by atoms with Gasteiger partial charge in [-0.15, -0.1) is 0 Å². The Morgan fingerprint density at radius 2 is 1.67 bits per heavy atom. The fraction of sp³-hybridized carbons (Fsp3) is 0.0588. The summed E-state index contributed by atoms with van der Waals surface area (Å²) in [6.45, 7) is 0. The molecule has 0 spiro atoms. The molecule has 0 aliphatic rings. The minimum atomic E-state index is -0.0326. The molecule has 2 aromatic heterocycles. The summed E-state index contributed by atoms with van der Waals surface area (Å²) in [5.74, 6) is -0.0326. The van der Waals surface area contributed by atoms with E-state index in [9.17, 15) is 4.79 Å². The van der Waals surface area contributed by atoms with E-state index in [0.29, 0.717) is 5.56 Å². The lowest BCUT2D eigenvalue weighted by Gasteiger charge is -2.04. The van der Waals surface area contributed by atoms with E-state index in [2.05, 4.69) is 5.10 Å². The topological polar surface area (TPSA) is 39.8 Å². The number of carbonyl (C=O) groups is 1. The number of carbonyl (C=O) groups excluding carboxylic acids is 1. The van der Waals surface area contributed by atoms with Gasteiger partial charge in [0.15, 0.2) is 0 Å². The number of fused-ring (bicyclic) bond motifs is 3. The number of benzene rings is 2. The normalized spacial score (nSPS) is 11.3. The first-order valence-corrected chi connectivity index (χ1v) is 6.78. The molecule has 0 radical (unpaired) electrons. The van der Waals surface area contributed by atoms with Crippen LogP contribution in [0.4, 0.5) is 0 Å². The highest BCUT2D eigenvalue weighted by molar-refractivity contribution is 6.14. The Morgan fingerprint density at radius 1 is 0.952 bits per heavy atom. The molecular weight excluding hydrogens is 262 g/mol. The van der Waals surface area contributed by atoms with Crippen molar-refractivity contribution in [2.75, 3.05) is 0 Å². The Labute approximate surface area is 121 Å².